The van der Waals surface area contributed by atoms with Crippen molar-refractivity contribution in [2.75, 3.05) is 6.54 Å². The number of nitrogens with zero attached hydrogens (tertiary/aromatic N) is 1. The normalized spacial score (nSPS) is 12.3. The summed E-state index contributed by atoms with van der Waals surface area (Å²) >= 11 is 9.14. The van der Waals surface area contributed by atoms with Crippen LogP contribution in [0.5, 0.6) is 0 Å². The van der Waals surface area contributed by atoms with E-state index < -0.39 is 5.41 Å². The van der Waals surface area contributed by atoms with E-state index in [1.807, 2.05) is 0 Å². The van der Waals surface area contributed by atoms with Gasteiger partial charge in [-0.05, 0) is 34.1 Å². The predicted octanol–water partition coefficient (Wildman–Crippen LogP) is 2.60. The van der Waals surface area contributed by atoms with Crippen molar-refractivity contribution in [3.05, 3.63) is 33.3 Å². The fraction of sp³-hybridized carbons (Fsp3) is 0.333. The van der Waals surface area contributed by atoms with Crippen LogP contribution in [0.25, 0.3) is 0 Å². The molecule has 19 heavy (non-hydrogen) atoms. The molecule has 5 nitrogen and oxygen atoms in total. The number of benzene rings is 1. The van der Waals surface area contributed by atoms with Crippen molar-refractivity contribution in [1.82, 2.24) is 5.32 Å². The number of hydrogen-bond donors (Lipinski definition) is 3. The summed E-state index contributed by atoms with van der Waals surface area (Å²) in [5, 5.41) is 14.8. The number of nitrogens with one attached hydrogen (secondary N) is 1. The molecule has 1 aromatic rings. The van der Waals surface area contributed by atoms with Gasteiger partial charge in [-0.25, -0.2) is 0 Å². The molecule has 4 N–H and O–H groups in total. The Morgan fingerprint density at radius 2 is 2.21 bits per heavy atom. The predicted molar refractivity (Wildman–Crippen MR) is 78.7 cm³/mol. The minimum Gasteiger partial charge on any atom is -0.409 e. The van der Waals surface area contributed by atoms with E-state index in [2.05, 4.69) is 26.4 Å². The molecule has 0 heterocycles. The quantitative estimate of drug-likeness (QED) is 0.338. The summed E-state index contributed by atoms with van der Waals surface area (Å²) in [5.41, 5.74) is 5.34. The molecule has 0 saturated heterocycles. The largest absolute Gasteiger partial charge is 0.409 e. The molecule has 0 fully saturated rings. The first-order valence-corrected chi connectivity index (χ1v) is 6.66. The number of carbonyl (C=O) groups excluding carboxylic acids is 1. The average Bonchev–Trinajstić information content (AvgIpc) is 2.37. The maximum absolute atomic E-state index is 12.0. The van der Waals surface area contributed by atoms with Crippen LogP contribution in [0, 0.1) is 5.41 Å². The highest BCUT2D eigenvalue weighted by molar-refractivity contribution is 9.10. The number of hydrogen-bond acceptors (Lipinski definition) is 3. The Bertz CT molecular complexity index is 518. The van der Waals surface area contributed by atoms with Crippen LogP contribution in [-0.2, 0) is 0 Å². The standard InChI is InChI=1S/C12H15BrClN3O2/c1-12(2,11(15)17-19)6-16-10(18)8-5-7(14)3-4-9(8)13/h3-5,19H,6H2,1-2H3,(H2,15,17)(H,16,18). The third-order valence-electron chi connectivity index (χ3n) is 2.67. The fourth-order valence-electron chi connectivity index (χ4n) is 1.29. The van der Waals surface area contributed by atoms with E-state index in [4.69, 9.17) is 22.5 Å². The second kappa shape index (κ2) is 6.25. The Morgan fingerprint density at radius 3 is 2.79 bits per heavy atom. The van der Waals surface area contributed by atoms with Gasteiger partial charge >= 0.3 is 0 Å². The number of oxime groups is 1. The van der Waals surface area contributed by atoms with Gasteiger partial charge in [0.25, 0.3) is 5.91 Å². The smallest absolute Gasteiger partial charge is 0.252 e. The highest BCUT2D eigenvalue weighted by Crippen LogP contribution is 2.21. The third kappa shape index (κ3) is 4.11. The molecule has 104 valence electrons. The number of rotatable bonds is 4. The molecular formula is C12H15BrClN3O2. The van der Waals surface area contributed by atoms with Crippen molar-refractivity contribution in [2.45, 2.75) is 13.8 Å². The lowest BCUT2D eigenvalue weighted by atomic mass is 9.92. The summed E-state index contributed by atoms with van der Waals surface area (Å²) in [6, 6.07) is 4.95. The van der Waals surface area contributed by atoms with Gasteiger partial charge in [-0.2, -0.15) is 0 Å². The lowest BCUT2D eigenvalue weighted by Gasteiger charge is -2.23. The van der Waals surface area contributed by atoms with Gasteiger partial charge in [-0.1, -0.05) is 30.6 Å². The summed E-state index contributed by atoms with van der Waals surface area (Å²) in [4.78, 5) is 12.0. The Kier molecular flexibility index (Phi) is 5.20. The second-order valence-corrected chi connectivity index (χ2v) is 5.97. The number of halogens is 2. The van der Waals surface area contributed by atoms with Gasteiger partial charge in [-0.3, -0.25) is 4.79 Å². The second-order valence-electron chi connectivity index (χ2n) is 4.68. The molecule has 1 rings (SSSR count). The number of amidine groups is 1. The molecule has 0 aliphatic carbocycles. The Labute approximate surface area is 124 Å². The molecule has 0 spiro atoms. The van der Waals surface area contributed by atoms with Crippen LogP contribution in [0.4, 0.5) is 0 Å². The lowest BCUT2D eigenvalue weighted by molar-refractivity contribution is 0.0943. The molecule has 0 aliphatic rings. The molecule has 7 heteroatoms. The zero-order valence-corrected chi connectivity index (χ0v) is 12.9. The molecule has 1 amide bonds. The van der Waals surface area contributed by atoms with Crippen LogP contribution in [0.2, 0.25) is 5.02 Å². The Hall–Kier alpha value is -1.27. The van der Waals surface area contributed by atoms with Gasteiger partial charge in [-0.15, -0.1) is 0 Å². The SMILES string of the molecule is CC(C)(CNC(=O)c1cc(Cl)ccc1Br)/C(N)=N/O. The first kappa shape index (κ1) is 15.8. The van der Waals surface area contributed by atoms with Gasteiger partial charge in [0, 0.05) is 21.5 Å². The monoisotopic (exact) mass is 347 g/mol. The highest BCUT2D eigenvalue weighted by Gasteiger charge is 2.25. The maximum atomic E-state index is 12.0. The van der Waals surface area contributed by atoms with Crippen molar-refractivity contribution < 1.29 is 10.0 Å². The molecule has 1 aromatic carbocycles. The summed E-state index contributed by atoms with van der Waals surface area (Å²) < 4.78 is 0.649. The molecule has 0 aliphatic heterocycles. The zero-order valence-electron chi connectivity index (χ0n) is 10.6. The first-order valence-electron chi connectivity index (χ1n) is 5.49. The van der Waals surface area contributed by atoms with Crippen LogP contribution in [-0.4, -0.2) is 23.5 Å². The summed E-state index contributed by atoms with van der Waals surface area (Å²) in [6.07, 6.45) is 0. The number of carbonyl (C=O) groups is 1. The molecule has 0 bridgehead atoms. The van der Waals surface area contributed by atoms with Gasteiger partial charge < -0.3 is 16.3 Å². The number of amides is 1. The van der Waals surface area contributed by atoms with Crippen molar-refractivity contribution in [3.8, 4) is 0 Å². The summed E-state index contributed by atoms with van der Waals surface area (Å²) in [7, 11) is 0. The van der Waals surface area contributed by atoms with Crippen molar-refractivity contribution in [3.63, 3.8) is 0 Å². The minimum absolute atomic E-state index is 0.0537. The maximum Gasteiger partial charge on any atom is 0.252 e. The summed E-state index contributed by atoms with van der Waals surface area (Å²) in [5.74, 6) is -0.230. The zero-order chi connectivity index (χ0) is 14.6. The van der Waals surface area contributed by atoms with E-state index in [0.29, 0.717) is 15.1 Å². The van der Waals surface area contributed by atoms with Crippen LogP contribution >= 0.6 is 27.5 Å². The van der Waals surface area contributed by atoms with Gasteiger partial charge in [0.1, 0.15) is 5.84 Å². The first-order chi connectivity index (χ1) is 8.77. The molecule has 0 atom stereocenters. The molecule has 0 unspecified atom stereocenters. The van der Waals surface area contributed by atoms with Crippen LogP contribution in [0.15, 0.2) is 27.8 Å². The van der Waals surface area contributed by atoms with Crippen molar-refractivity contribution in [1.29, 1.82) is 0 Å². The molecular weight excluding hydrogens is 334 g/mol. The molecule has 0 saturated carbocycles. The Balaban J connectivity index is 2.79. The fourth-order valence-corrected chi connectivity index (χ4v) is 1.89. The van der Waals surface area contributed by atoms with E-state index in [1.165, 1.54) is 0 Å². The van der Waals surface area contributed by atoms with E-state index in [1.54, 1.807) is 32.0 Å². The highest BCUT2D eigenvalue weighted by atomic mass is 79.9. The Morgan fingerprint density at radius 1 is 1.58 bits per heavy atom. The van der Waals surface area contributed by atoms with E-state index in [9.17, 15) is 4.79 Å². The van der Waals surface area contributed by atoms with Crippen molar-refractivity contribution >= 4 is 39.3 Å². The lowest BCUT2D eigenvalue weighted by Crippen LogP contribution is -2.42. The molecule has 0 radical (unpaired) electrons. The van der Waals surface area contributed by atoms with Gasteiger partial charge in [0.05, 0.1) is 5.56 Å². The van der Waals surface area contributed by atoms with Crippen LogP contribution in [0.3, 0.4) is 0 Å². The topological polar surface area (TPSA) is 87.7 Å². The average molecular weight is 349 g/mol. The van der Waals surface area contributed by atoms with Gasteiger partial charge in [0.15, 0.2) is 0 Å². The van der Waals surface area contributed by atoms with Gasteiger partial charge in [0.2, 0.25) is 0 Å². The van der Waals surface area contributed by atoms with Crippen molar-refractivity contribution in [2.24, 2.45) is 16.3 Å². The number of nitrogens with two attached hydrogens (primary N) is 1. The van der Waals surface area contributed by atoms with Crippen LogP contribution < -0.4 is 11.1 Å². The molecule has 0 aromatic heterocycles. The minimum atomic E-state index is -0.643. The third-order valence-corrected chi connectivity index (χ3v) is 3.59. The van der Waals surface area contributed by atoms with E-state index >= 15 is 0 Å². The van der Waals surface area contributed by atoms with E-state index in [-0.39, 0.29) is 18.3 Å². The van der Waals surface area contributed by atoms with E-state index in [0.717, 1.165) is 0 Å². The van der Waals surface area contributed by atoms with Crippen LogP contribution in [0.1, 0.15) is 24.2 Å². The summed E-state index contributed by atoms with van der Waals surface area (Å²) in [6.45, 7) is 3.76.